The van der Waals surface area contributed by atoms with Gasteiger partial charge in [0.1, 0.15) is 6.54 Å². The van der Waals surface area contributed by atoms with Crippen LogP contribution >= 0.6 is 11.6 Å². The number of carbonyl (C=O) groups is 3. The number of alkyl halides is 3. The summed E-state index contributed by atoms with van der Waals surface area (Å²) in [7, 11) is 1.40. The third-order valence-electron chi connectivity index (χ3n) is 7.45. The second kappa shape index (κ2) is 12.6. The lowest BCUT2D eigenvalue weighted by Gasteiger charge is -2.35. The van der Waals surface area contributed by atoms with Gasteiger partial charge in [-0.2, -0.15) is 18.3 Å². The zero-order valence-electron chi connectivity index (χ0n) is 23.6. The van der Waals surface area contributed by atoms with E-state index in [4.69, 9.17) is 18.0 Å². The molecular weight excluding hydrogens is 603 g/mol. The summed E-state index contributed by atoms with van der Waals surface area (Å²) in [4.78, 5) is 46.0. The minimum absolute atomic E-state index is 0.0119. The van der Waals surface area contributed by atoms with E-state index >= 15 is 0 Å². The maximum absolute atomic E-state index is 13.6. The third-order valence-corrected chi connectivity index (χ3v) is 7.76. The van der Waals surface area contributed by atoms with Crippen LogP contribution in [0, 0.1) is 12.3 Å². The van der Waals surface area contributed by atoms with E-state index in [-0.39, 0.29) is 57.9 Å². The van der Waals surface area contributed by atoms with Crippen molar-refractivity contribution >= 4 is 35.1 Å². The molecule has 232 valence electrons. The second-order valence-corrected chi connectivity index (χ2v) is 10.8. The van der Waals surface area contributed by atoms with Crippen molar-refractivity contribution in [3.8, 4) is 23.6 Å². The number of halogens is 4. The number of amides is 4. The fourth-order valence-corrected chi connectivity index (χ4v) is 5.40. The summed E-state index contributed by atoms with van der Waals surface area (Å²) < 4.78 is 43.1. The predicted molar refractivity (Wildman–Crippen MR) is 155 cm³/mol. The largest absolute Gasteiger partial charge is 0.435 e. The lowest BCUT2D eigenvalue weighted by molar-refractivity contribution is -0.141. The molecule has 0 aliphatic carbocycles. The van der Waals surface area contributed by atoms with Crippen molar-refractivity contribution in [3.63, 3.8) is 0 Å². The normalized spacial score (nSPS) is 17.0. The molecule has 2 aliphatic heterocycles. The molecule has 16 heteroatoms. The van der Waals surface area contributed by atoms with Gasteiger partial charge in [-0.3, -0.25) is 14.3 Å². The van der Waals surface area contributed by atoms with Crippen LogP contribution in [0.25, 0.3) is 11.3 Å². The first-order valence-corrected chi connectivity index (χ1v) is 14.1. The molecule has 0 saturated carbocycles. The van der Waals surface area contributed by atoms with E-state index in [2.05, 4.69) is 32.0 Å². The van der Waals surface area contributed by atoms with Crippen LogP contribution in [0.1, 0.15) is 33.1 Å². The number of hydrogen-bond donors (Lipinski definition) is 3. The molecule has 12 nitrogen and oxygen atoms in total. The van der Waals surface area contributed by atoms with Gasteiger partial charge in [-0.25, -0.2) is 9.78 Å². The molecule has 2 aromatic heterocycles. The molecule has 0 radical (unpaired) electrons. The number of piperazine rings is 1. The number of carbonyl (C=O) groups excluding carboxylic acids is 3. The maximum Gasteiger partial charge on any atom is 0.435 e. The first-order chi connectivity index (χ1) is 21.0. The van der Waals surface area contributed by atoms with E-state index in [1.807, 2.05) is 0 Å². The highest BCUT2D eigenvalue weighted by molar-refractivity contribution is 6.34. The van der Waals surface area contributed by atoms with Crippen LogP contribution in [0.2, 0.25) is 5.02 Å². The monoisotopic (exact) mass is 631 g/mol. The lowest BCUT2D eigenvalue weighted by atomic mass is 10.1. The molecule has 44 heavy (non-hydrogen) atoms. The van der Waals surface area contributed by atoms with Crippen molar-refractivity contribution < 1.29 is 27.6 Å². The minimum Gasteiger partial charge on any atom is -0.335 e. The van der Waals surface area contributed by atoms with Crippen LogP contribution in [-0.4, -0.2) is 92.3 Å². The average molecular weight is 632 g/mol. The summed E-state index contributed by atoms with van der Waals surface area (Å²) in [6, 6.07) is 4.33. The number of anilines is 1. The number of rotatable bonds is 6. The SMILES string of the molecule is C#CCn1cc(-c2cnc(C(=O)Nc3ccc(C(=O)N4CCN(C(=O)N[C@H]5CCNC5)CC4)c(Cl)c3)n2C)c(C(F)(F)F)n1. The van der Waals surface area contributed by atoms with Crippen molar-refractivity contribution in [2.24, 2.45) is 7.05 Å². The molecule has 4 amide bonds. The summed E-state index contributed by atoms with van der Waals surface area (Å²) in [5.41, 5.74) is -0.941. The molecule has 4 heterocycles. The Labute approximate surface area is 255 Å². The molecule has 3 aromatic rings. The van der Waals surface area contributed by atoms with Gasteiger partial charge in [-0.1, -0.05) is 17.5 Å². The number of hydrogen-bond acceptors (Lipinski definition) is 6. The van der Waals surface area contributed by atoms with Crippen LogP contribution in [0.4, 0.5) is 23.7 Å². The highest BCUT2D eigenvalue weighted by Gasteiger charge is 2.38. The van der Waals surface area contributed by atoms with Gasteiger partial charge in [0.25, 0.3) is 11.8 Å². The number of nitrogens with one attached hydrogen (secondary N) is 3. The summed E-state index contributed by atoms with van der Waals surface area (Å²) in [6.07, 6.45) is 3.64. The molecule has 1 atom stereocenters. The van der Waals surface area contributed by atoms with E-state index in [9.17, 15) is 27.6 Å². The Kier molecular flexibility index (Phi) is 8.84. The van der Waals surface area contributed by atoms with Gasteiger partial charge in [-0.05, 0) is 31.2 Å². The number of urea groups is 1. The summed E-state index contributed by atoms with van der Waals surface area (Å²) in [5, 5.41) is 12.5. The number of terminal acetylenes is 1. The third kappa shape index (κ3) is 6.51. The summed E-state index contributed by atoms with van der Waals surface area (Å²) in [6.45, 7) is 2.87. The molecule has 2 saturated heterocycles. The average Bonchev–Trinajstić information content (AvgIpc) is 3.73. The molecule has 5 rings (SSSR count). The Balaban J connectivity index is 1.23. The standard InChI is InChI=1S/C28H29ClF3N9O3/c1-3-8-41-16-20(23(37-41)28(30,31)32)22-15-34-24(38(22)2)25(42)35-17-4-5-19(21(29)13-17)26(43)39-9-11-40(12-10-39)27(44)36-18-6-7-33-14-18/h1,4-5,13,15-16,18,33H,6-12,14H2,2H3,(H,35,42)(H,36,44)/t18-/m0/s1. The fourth-order valence-electron chi connectivity index (χ4n) is 5.14. The highest BCUT2D eigenvalue weighted by Crippen LogP contribution is 2.36. The van der Waals surface area contributed by atoms with Crippen LogP contribution < -0.4 is 16.0 Å². The van der Waals surface area contributed by atoms with Crippen LogP contribution in [0.3, 0.4) is 0 Å². The quantitative estimate of drug-likeness (QED) is 0.359. The van der Waals surface area contributed by atoms with Gasteiger partial charge in [0.2, 0.25) is 0 Å². The molecule has 0 unspecified atom stereocenters. The summed E-state index contributed by atoms with van der Waals surface area (Å²) in [5.74, 6) is 1.05. The van der Waals surface area contributed by atoms with Crippen molar-refractivity contribution in [2.45, 2.75) is 25.2 Å². The molecule has 3 N–H and O–H groups in total. The smallest absolute Gasteiger partial charge is 0.335 e. The lowest BCUT2D eigenvalue weighted by Crippen LogP contribution is -2.54. The van der Waals surface area contributed by atoms with Crippen LogP contribution in [-0.2, 0) is 19.8 Å². The molecule has 2 aliphatic rings. The minimum atomic E-state index is -4.76. The Hall–Kier alpha value is -4.55. The Morgan fingerprint density at radius 2 is 1.91 bits per heavy atom. The predicted octanol–water partition coefficient (Wildman–Crippen LogP) is 2.67. The first-order valence-electron chi connectivity index (χ1n) is 13.7. The van der Waals surface area contributed by atoms with Crippen molar-refractivity contribution in [3.05, 3.63) is 52.7 Å². The number of benzene rings is 1. The number of nitrogens with zero attached hydrogens (tertiary/aromatic N) is 6. The van der Waals surface area contributed by atoms with Crippen molar-refractivity contribution in [2.75, 3.05) is 44.6 Å². The Morgan fingerprint density at radius 3 is 2.55 bits per heavy atom. The molecule has 1 aromatic carbocycles. The molecule has 0 bridgehead atoms. The van der Waals surface area contributed by atoms with Gasteiger partial charge in [0.05, 0.1) is 28.0 Å². The number of aromatic nitrogens is 4. The van der Waals surface area contributed by atoms with E-state index in [0.717, 1.165) is 36.6 Å². The van der Waals surface area contributed by atoms with Gasteiger partial charge in [-0.15, -0.1) is 6.42 Å². The van der Waals surface area contributed by atoms with Crippen molar-refractivity contribution in [1.82, 2.24) is 39.8 Å². The van der Waals surface area contributed by atoms with E-state index < -0.39 is 17.8 Å². The summed E-state index contributed by atoms with van der Waals surface area (Å²) >= 11 is 6.42. The fraction of sp³-hybridized carbons (Fsp3) is 0.393. The highest BCUT2D eigenvalue weighted by atomic mass is 35.5. The second-order valence-electron chi connectivity index (χ2n) is 10.4. The Morgan fingerprint density at radius 1 is 1.18 bits per heavy atom. The van der Waals surface area contributed by atoms with E-state index in [1.165, 1.54) is 29.8 Å². The maximum atomic E-state index is 13.6. The molecule has 0 spiro atoms. The van der Waals surface area contributed by atoms with Gasteiger partial charge < -0.3 is 30.3 Å². The first kappa shape index (κ1) is 30.9. The number of imidazole rings is 1. The van der Waals surface area contributed by atoms with E-state index in [0.29, 0.717) is 26.2 Å². The van der Waals surface area contributed by atoms with Gasteiger partial charge >= 0.3 is 12.2 Å². The van der Waals surface area contributed by atoms with E-state index in [1.54, 1.807) is 9.80 Å². The molecular formula is C28H29ClF3N9O3. The van der Waals surface area contributed by atoms with Gasteiger partial charge in [0.15, 0.2) is 11.5 Å². The van der Waals surface area contributed by atoms with Crippen LogP contribution in [0.15, 0.2) is 30.6 Å². The van der Waals surface area contributed by atoms with Crippen LogP contribution in [0.5, 0.6) is 0 Å². The Bertz CT molecular complexity index is 1610. The topological polar surface area (TPSA) is 129 Å². The zero-order valence-corrected chi connectivity index (χ0v) is 24.4. The molecule has 2 fully saturated rings. The van der Waals surface area contributed by atoms with Crippen molar-refractivity contribution in [1.29, 1.82) is 0 Å². The zero-order chi connectivity index (χ0) is 31.6. The van der Waals surface area contributed by atoms with Gasteiger partial charge in [0, 0.05) is 57.7 Å².